The Bertz CT molecular complexity index is 2060. The second-order valence-corrected chi connectivity index (χ2v) is 11.6. The molecule has 0 saturated carbocycles. The molecule has 4 aromatic rings. The maximum atomic E-state index is 15.4. The summed E-state index contributed by atoms with van der Waals surface area (Å²) in [6, 6.07) is 0. The van der Waals surface area contributed by atoms with E-state index in [1.165, 1.54) is 6.08 Å². The summed E-state index contributed by atoms with van der Waals surface area (Å²) in [5.41, 5.74) is 11.2. The molecular formula is C31H12BF20N4-. The molecule has 0 fully saturated rings. The summed E-state index contributed by atoms with van der Waals surface area (Å²) < 4.78 is 294. The molecule has 0 bridgehead atoms. The minimum Gasteiger partial charge on any atom is -0.310 e. The highest BCUT2D eigenvalue weighted by Gasteiger charge is 2.52. The Labute approximate surface area is 296 Å². The van der Waals surface area contributed by atoms with E-state index in [-0.39, 0.29) is 0 Å². The third-order valence-electron chi connectivity index (χ3n) is 8.45. The smallest absolute Gasteiger partial charge is 0.200 e. The fourth-order valence-corrected chi connectivity index (χ4v) is 5.63. The van der Waals surface area contributed by atoms with Gasteiger partial charge in [0, 0.05) is 12.5 Å². The van der Waals surface area contributed by atoms with Crippen LogP contribution in [0.1, 0.15) is 6.42 Å². The van der Waals surface area contributed by atoms with E-state index in [2.05, 4.69) is 11.5 Å². The molecule has 4 aromatic carbocycles. The van der Waals surface area contributed by atoms with Gasteiger partial charge in [0.25, 0.3) is 0 Å². The zero-order chi connectivity index (χ0) is 42.9. The quantitative estimate of drug-likeness (QED) is 0.0615. The van der Waals surface area contributed by atoms with E-state index in [9.17, 15) is 52.7 Å². The van der Waals surface area contributed by atoms with Gasteiger partial charge in [-0.3, -0.25) is 0 Å². The maximum Gasteiger partial charge on any atom is 0.200 e. The number of halogens is 20. The fraction of sp³-hybridized carbons (Fsp3) is 0.0968. The first-order valence-electron chi connectivity index (χ1n) is 14.2. The fourth-order valence-electron chi connectivity index (χ4n) is 5.63. The first kappa shape index (κ1) is 43.4. The molecule has 4 nitrogen and oxygen atoms in total. The molecule has 0 atom stereocenters. The van der Waals surface area contributed by atoms with Gasteiger partial charge in [-0.2, -0.15) is 0 Å². The van der Waals surface area contributed by atoms with E-state index >= 15 is 35.1 Å². The van der Waals surface area contributed by atoms with Crippen LogP contribution in [0, 0.1) is 116 Å². The standard InChI is InChI=1S/C24BF20.C7H12N4/c26-5-1(6(27)14(35)21(42)13(5)34)25(2-7(28)15(36)22(43)16(37)8(2)29,3-9(30)17(38)23(44)18(39)10(3)31)4-11(32)19(40)24(45)20(41)12(4)33;8-6(9)4-2-1-3-5-7(6,10)11/h;2,5H,4,8-11H2/q-1;. The maximum absolute atomic E-state index is 15.4. The molecule has 8 N–H and O–H groups in total. The first-order valence-corrected chi connectivity index (χ1v) is 14.2. The van der Waals surface area contributed by atoms with E-state index in [0.717, 1.165) is 0 Å². The third-order valence-corrected chi connectivity index (χ3v) is 8.45. The zero-order valence-corrected chi connectivity index (χ0v) is 26.3. The van der Waals surface area contributed by atoms with E-state index < -0.39 is 156 Å². The molecule has 25 heteroatoms. The summed E-state index contributed by atoms with van der Waals surface area (Å²) >= 11 is 0. The second-order valence-electron chi connectivity index (χ2n) is 11.6. The Balaban J connectivity index is 0.000000544. The summed E-state index contributed by atoms with van der Waals surface area (Å²) in [4.78, 5) is 0. The predicted molar refractivity (Wildman–Crippen MR) is 152 cm³/mol. The lowest BCUT2D eigenvalue weighted by Crippen LogP contribution is -2.81. The highest BCUT2D eigenvalue weighted by molar-refractivity contribution is 7.20. The van der Waals surface area contributed by atoms with Crippen molar-refractivity contribution in [3.63, 3.8) is 0 Å². The molecule has 0 saturated heterocycles. The topological polar surface area (TPSA) is 104 Å². The second kappa shape index (κ2) is 14.6. The van der Waals surface area contributed by atoms with Crippen LogP contribution in [-0.4, -0.2) is 17.5 Å². The molecule has 0 heterocycles. The molecule has 0 unspecified atom stereocenters. The van der Waals surface area contributed by atoms with Crippen LogP contribution in [-0.2, 0) is 0 Å². The lowest BCUT2D eigenvalue weighted by molar-refractivity contribution is 0.289. The molecule has 0 spiro atoms. The highest BCUT2D eigenvalue weighted by atomic mass is 19.2. The minimum atomic E-state index is -7.22. The SMILES string of the molecule is Fc1c(F)c(F)c([B-](c2c(F)c(F)c(F)c(F)c2F)(c2c(F)c(F)c(F)c(F)c2F)c2c(F)c(F)c(F)c(F)c2F)c(F)c1F.NC1(N)C=C=C=CCC1(N)N. The number of hydrogen-bond acceptors (Lipinski definition) is 4. The Morgan fingerprint density at radius 2 is 0.536 bits per heavy atom. The van der Waals surface area contributed by atoms with Gasteiger partial charge in [-0.25, -0.2) is 87.8 Å². The van der Waals surface area contributed by atoms with Crippen molar-refractivity contribution < 1.29 is 87.8 Å². The summed E-state index contributed by atoms with van der Waals surface area (Å²) in [7, 11) is 0. The van der Waals surface area contributed by atoms with E-state index in [4.69, 9.17) is 22.9 Å². The van der Waals surface area contributed by atoms with E-state index in [0.29, 0.717) is 6.42 Å². The summed E-state index contributed by atoms with van der Waals surface area (Å²) in [5, 5.41) is 0. The van der Waals surface area contributed by atoms with Crippen molar-refractivity contribution in [1.82, 2.24) is 0 Å². The van der Waals surface area contributed by atoms with Crippen LogP contribution < -0.4 is 44.8 Å². The molecule has 0 amide bonds. The van der Waals surface area contributed by atoms with Crippen molar-refractivity contribution in [3.8, 4) is 0 Å². The molecule has 0 aliphatic heterocycles. The van der Waals surface area contributed by atoms with Crippen molar-refractivity contribution in [2.45, 2.75) is 17.7 Å². The van der Waals surface area contributed by atoms with Gasteiger partial charge < -0.3 is 22.9 Å². The number of nitrogens with two attached hydrogens (primary N) is 4. The Hall–Kier alpha value is -5.32. The van der Waals surface area contributed by atoms with Gasteiger partial charge in [0.05, 0.1) is 0 Å². The molecule has 0 aromatic heterocycles. The van der Waals surface area contributed by atoms with Gasteiger partial charge in [-0.1, -0.05) is 11.5 Å². The van der Waals surface area contributed by atoms with Gasteiger partial charge >= 0.3 is 0 Å². The van der Waals surface area contributed by atoms with Gasteiger partial charge in [-0.15, -0.1) is 21.9 Å². The Morgan fingerprint density at radius 1 is 0.339 bits per heavy atom. The Morgan fingerprint density at radius 3 is 0.750 bits per heavy atom. The van der Waals surface area contributed by atoms with Crippen LogP contribution >= 0.6 is 0 Å². The first-order chi connectivity index (χ1) is 25.7. The van der Waals surface area contributed by atoms with Crippen molar-refractivity contribution in [3.05, 3.63) is 140 Å². The molecule has 1 aliphatic carbocycles. The van der Waals surface area contributed by atoms with Crippen molar-refractivity contribution in [2.24, 2.45) is 22.9 Å². The molecule has 56 heavy (non-hydrogen) atoms. The molecule has 0 radical (unpaired) electrons. The van der Waals surface area contributed by atoms with Gasteiger partial charge in [0.1, 0.15) is 64.0 Å². The van der Waals surface area contributed by atoms with Crippen LogP contribution in [0.5, 0.6) is 0 Å². The average Bonchev–Trinajstić information content (AvgIpc) is 3.26. The average molecular weight is 831 g/mol. The molecule has 1 aliphatic rings. The predicted octanol–water partition coefficient (Wildman–Crippen LogP) is 4.33. The van der Waals surface area contributed by atoms with Gasteiger partial charge in [-0.05, 0) is 6.08 Å². The molecule has 300 valence electrons. The number of hydrogen-bond donors (Lipinski definition) is 4. The molecular weight excluding hydrogens is 819 g/mol. The van der Waals surface area contributed by atoms with Crippen molar-refractivity contribution >= 4 is 28.0 Å². The van der Waals surface area contributed by atoms with Crippen LogP contribution in [0.15, 0.2) is 23.6 Å². The van der Waals surface area contributed by atoms with Crippen molar-refractivity contribution in [2.75, 3.05) is 0 Å². The van der Waals surface area contributed by atoms with Crippen LogP contribution in [0.3, 0.4) is 0 Å². The highest BCUT2D eigenvalue weighted by Crippen LogP contribution is 2.30. The monoisotopic (exact) mass is 831 g/mol. The lowest BCUT2D eigenvalue weighted by Gasteiger charge is -2.44. The van der Waals surface area contributed by atoms with E-state index in [1.54, 1.807) is 6.08 Å². The number of rotatable bonds is 4. The normalized spacial score (nSPS) is 14.6. The minimum absolute atomic E-state index is 0.392. The third kappa shape index (κ3) is 6.19. The van der Waals surface area contributed by atoms with Crippen LogP contribution in [0.4, 0.5) is 87.8 Å². The summed E-state index contributed by atoms with van der Waals surface area (Å²) in [5.74, 6) is -71.4. The summed E-state index contributed by atoms with van der Waals surface area (Å²) in [6.07, 6.45) is -3.73. The van der Waals surface area contributed by atoms with E-state index in [1.807, 2.05) is 0 Å². The summed E-state index contributed by atoms with van der Waals surface area (Å²) in [6.45, 7) is 0. The lowest BCUT2D eigenvalue weighted by atomic mass is 9.12. The largest absolute Gasteiger partial charge is 0.310 e. The van der Waals surface area contributed by atoms with Gasteiger partial charge in [0.15, 0.2) is 69.8 Å². The Kier molecular flexibility index (Phi) is 11.4. The van der Waals surface area contributed by atoms with Gasteiger partial charge in [0.2, 0.25) is 0 Å². The molecule has 5 rings (SSSR count). The van der Waals surface area contributed by atoms with Crippen molar-refractivity contribution in [1.29, 1.82) is 0 Å². The van der Waals surface area contributed by atoms with Crippen LogP contribution in [0.25, 0.3) is 0 Å². The zero-order valence-electron chi connectivity index (χ0n) is 26.3. The number of benzene rings is 4. The van der Waals surface area contributed by atoms with Crippen LogP contribution in [0.2, 0.25) is 0 Å².